The number of terminal acetylenes is 1. The molecular formula is C6H7N5O. The van der Waals surface area contributed by atoms with Gasteiger partial charge in [-0.05, 0) is 0 Å². The summed E-state index contributed by atoms with van der Waals surface area (Å²) >= 11 is 0. The number of nitrogen functional groups attached to an aromatic ring is 1. The smallest absolute Gasteiger partial charge is 0.289 e. The SMILES string of the molecule is C#CCNC(=O)c1nc(N)n[nH]1. The molecule has 62 valence electrons. The van der Waals surface area contributed by atoms with Crippen molar-refractivity contribution in [2.75, 3.05) is 12.3 Å². The highest BCUT2D eigenvalue weighted by atomic mass is 16.2. The summed E-state index contributed by atoms with van der Waals surface area (Å²) in [7, 11) is 0. The molecule has 0 unspecified atom stereocenters. The summed E-state index contributed by atoms with van der Waals surface area (Å²) in [4.78, 5) is 14.6. The van der Waals surface area contributed by atoms with Crippen molar-refractivity contribution in [1.82, 2.24) is 20.5 Å². The average Bonchev–Trinajstić information content (AvgIpc) is 2.47. The van der Waals surface area contributed by atoms with Crippen LogP contribution < -0.4 is 11.1 Å². The van der Waals surface area contributed by atoms with Crippen LogP contribution in [0.25, 0.3) is 0 Å². The molecule has 12 heavy (non-hydrogen) atoms. The molecule has 0 fully saturated rings. The predicted molar refractivity (Wildman–Crippen MR) is 42.0 cm³/mol. The Bertz CT molecular complexity index is 323. The Balaban J connectivity index is 2.61. The van der Waals surface area contributed by atoms with Crippen LogP contribution in [-0.2, 0) is 0 Å². The van der Waals surface area contributed by atoms with E-state index in [4.69, 9.17) is 12.2 Å². The minimum absolute atomic E-state index is 0.0286. The number of anilines is 1. The van der Waals surface area contributed by atoms with E-state index in [-0.39, 0.29) is 18.3 Å². The van der Waals surface area contributed by atoms with Crippen molar-refractivity contribution in [3.63, 3.8) is 0 Å². The first kappa shape index (κ1) is 8.07. The zero-order chi connectivity index (χ0) is 8.97. The Hall–Kier alpha value is -2.03. The molecule has 1 aromatic heterocycles. The van der Waals surface area contributed by atoms with Gasteiger partial charge in [0.1, 0.15) is 0 Å². The molecule has 1 amide bonds. The fourth-order valence-corrected chi connectivity index (χ4v) is 0.591. The molecule has 6 nitrogen and oxygen atoms in total. The molecule has 0 atom stereocenters. The van der Waals surface area contributed by atoms with Crippen molar-refractivity contribution in [3.8, 4) is 12.3 Å². The molecule has 1 heterocycles. The fourth-order valence-electron chi connectivity index (χ4n) is 0.591. The Morgan fingerprint density at radius 2 is 2.58 bits per heavy atom. The lowest BCUT2D eigenvalue weighted by Gasteiger charge is -1.94. The van der Waals surface area contributed by atoms with Crippen molar-refractivity contribution < 1.29 is 4.79 Å². The van der Waals surface area contributed by atoms with Gasteiger partial charge in [-0.15, -0.1) is 11.5 Å². The standard InChI is InChI=1S/C6H7N5O/c1-2-3-8-5(12)4-9-6(7)11-10-4/h1H,3H2,(H,8,12)(H3,7,9,10,11). The second-order valence-electron chi connectivity index (χ2n) is 1.93. The second kappa shape index (κ2) is 3.39. The number of rotatable bonds is 2. The molecule has 1 aromatic rings. The van der Waals surface area contributed by atoms with Crippen molar-refractivity contribution in [3.05, 3.63) is 5.82 Å². The number of hydrogen-bond acceptors (Lipinski definition) is 4. The van der Waals surface area contributed by atoms with E-state index in [0.717, 1.165) is 0 Å². The van der Waals surface area contributed by atoms with Crippen LogP contribution in [0.1, 0.15) is 10.6 Å². The van der Waals surface area contributed by atoms with Crippen LogP contribution in [0.5, 0.6) is 0 Å². The van der Waals surface area contributed by atoms with Gasteiger partial charge in [0.2, 0.25) is 11.8 Å². The minimum atomic E-state index is -0.419. The lowest BCUT2D eigenvalue weighted by atomic mass is 10.5. The third kappa shape index (κ3) is 1.73. The normalized spacial score (nSPS) is 8.92. The number of carbonyl (C=O) groups excluding carboxylic acids is 1. The van der Waals surface area contributed by atoms with Crippen LogP contribution in [0.2, 0.25) is 0 Å². The molecule has 1 rings (SSSR count). The van der Waals surface area contributed by atoms with Gasteiger partial charge in [-0.1, -0.05) is 5.92 Å². The first-order chi connectivity index (χ1) is 5.74. The zero-order valence-electron chi connectivity index (χ0n) is 6.16. The first-order valence-electron chi connectivity index (χ1n) is 3.13. The van der Waals surface area contributed by atoms with Crippen molar-refractivity contribution in [2.45, 2.75) is 0 Å². The molecule has 0 aliphatic rings. The molecule has 0 aliphatic heterocycles. The highest BCUT2D eigenvalue weighted by Gasteiger charge is 2.08. The molecule has 0 aromatic carbocycles. The van der Waals surface area contributed by atoms with Crippen LogP contribution in [-0.4, -0.2) is 27.6 Å². The number of aromatic amines is 1. The van der Waals surface area contributed by atoms with Crippen LogP contribution in [0.15, 0.2) is 0 Å². The lowest BCUT2D eigenvalue weighted by molar-refractivity contribution is 0.0949. The summed E-state index contributed by atoms with van der Waals surface area (Å²) in [5.74, 6) is 1.92. The summed E-state index contributed by atoms with van der Waals surface area (Å²) < 4.78 is 0. The summed E-state index contributed by atoms with van der Waals surface area (Å²) in [6.45, 7) is 0.152. The molecule has 6 heteroatoms. The third-order valence-electron chi connectivity index (χ3n) is 1.07. The number of aromatic nitrogens is 3. The highest BCUT2D eigenvalue weighted by molar-refractivity contribution is 5.90. The van der Waals surface area contributed by atoms with E-state index in [1.807, 2.05) is 0 Å². The molecule has 0 bridgehead atoms. The maximum Gasteiger partial charge on any atom is 0.289 e. The van der Waals surface area contributed by atoms with Gasteiger partial charge in [-0.25, -0.2) is 0 Å². The van der Waals surface area contributed by atoms with Gasteiger partial charge >= 0.3 is 0 Å². The van der Waals surface area contributed by atoms with Crippen LogP contribution in [0.4, 0.5) is 5.95 Å². The Kier molecular flexibility index (Phi) is 2.28. The van der Waals surface area contributed by atoms with Crippen molar-refractivity contribution in [2.24, 2.45) is 0 Å². The van der Waals surface area contributed by atoms with E-state index in [0.29, 0.717) is 0 Å². The first-order valence-corrected chi connectivity index (χ1v) is 3.13. The van der Waals surface area contributed by atoms with Gasteiger partial charge in [-0.2, -0.15) is 4.98 Å². The minimum Gasteiger partial charge on any atom is -0.366 e. The van der Waals surface area contributed by atoms with E-state index < -0.39 is 5.91 Å². The van der Waals surface area contributed by atoms with E-state index in [1.165, 1.54) is 0 Å². The van der Waals surface area contributed by atoms with E-state index in [9.17, 15) is 4.79 Å². The van der Waals surface area contributed by atoms with E-state index in [2.05, 4.69) is 26.4 Å². The van der Waals surface area contributed by atoms with Gasteiger partial charge in [0.15, 0.2) is 0 Å². The Labute approximate surface area is 68.6 Å². The number of hydrogen-bond donors (Lipinski definition) is 3. The molecule has 0 saturated carbocycles. The molecule has 4 N–H and O–H groups in total. The van der Waals surface area contributed by atoms with Crippen molar-refractivity contribution in [1.29, 1.82) is 0 Å². The van der Waals surface area contributed by atoms with Gasteiger partial charge < -0.3 is 11.1 Å². The van der Waals surface area contributed by atoms with Crippen LogP contribution in [0.3, 0.4) is 0 Å². The van der Waals surface area contributed by atoms with Gasteiger partial charge in [0.25, 0.3) is 5.91 Å². The molecule has 0 spiro atoms. The third-order valence-corrected chi connectivity index (χ3v) is 1.07. The predicted octanol–water partition coefficient (Wildman–Crippen LogP) is -1.25. The monoisotopic (exact) mass is 165 g/mol. The van der Waals surface area contributed by atoms with Crippen LogP contribution >= 0.6 is 0 Å². The van der Waals surface area contributed by atoms with Crippen LogP contribution in [0, 0.1) is 12.3 Å². The average molecular weight is 165 g/mol. The number of H-pyrrole nitrogens is 1. The number of carbonyl (C=O) groups is 1. The maximum absolute atomic E-state index is 11.0. The molecule has 0 aliphatic carbocycles. The van der Waals surface area contributed by atoms with Gasteiger partial charge in [0.05, 0.1) is 6.54 Å². The largest absolute Gasteiger partial charge is 0.366 e. The quantitative estimate of drug-likeness (QED) is 0.477. The lowest BCUT2D eigenvalue weighted by Crippen LogP contribution is -2.24. The Morgan fingerprint density at radius 3 is 3.08 bits per heavy atom. The molecule has 0 radical (unpaired) electrons. The van der Waals surface area contributed by atoms with Crippen molar-refractivity contribution >= 4 is 11.9 Å². The summed E-state index contributed by atoms with van der Waals surface area (Å²) in [5, 5.41) is 8.22. The van der Waals surface area contributed by atoms with E-state index >= 15 is 0 Å². The number of nitrogens with two attached hydrogens (primary N) is 1. The second-order valence-corrected chi connectivity index (χ2v) is 1.93. The number of amides is 1. The highest BCUT2D eigenvalue weighted by Crippen LogP contribution is 1.91. The Morgan fingerprint density at radius 1 is 1.83 bits per heavy atom. The summed E-state index contributed by atoms with van der Waals surface area (Å²) in [6.07, 6.45) is 4.92. The number of nitrogens with one attached hydrogen (secondary N) is 2. The van der Waals surface area contributed by atoms with Gasteiger partial charge in [-0.3, -0.25) is 9.89 Å². The van der Waals surface area contributed by atoms with E-state index in [1.54, 1.807) is 0 Å². The zero-order valence-corrected chi connectivity index (χ0v) is 6.16. The summed E-state index contributed by atoms with van der Waals surface area (Å²) in [6, 6.07) is 0. The fraction of sp³-hybridized carbons (Fsp3) is 0.167. The molecule has 0 saturated heterocycles. The number of nitrogens with zero attached hydrogens (tertiary/aromatic N) is 2. The van der Waals surface area contributed by atoms with Gasteiger partial charge in [0, 0.05) is 0 Å². The summed E-state index contributed by atoms with van der Waals surface area (Å²) in [5.41, 5.74) is 5.17. The molecular weight excluding hydrogens is 158 g/mol. The maximum atomic E-state index is 11.0. The topological polar surface area (TPSA) is 96.7 Å².